The van der Waals surface area contributed by atoms with Crippen molar-refractivity contribution in [2.75, 3.05) is 11.5 Å². The van der Waals surface area contributed by atoms with Crippen molar-refractivity contribution in [1.29, 1.82) is 0 Å². The van der Waals surface area contributed by atoms with E-state index in [-0.39, 0.29) is 42.4 Å². The summed E-state index contributed by atoms with van der Waals surface area (Å²) in [6.07, 6.45) is 4.89. The Balaban J connectivity index is 1.77. The molecule has 1 aromatic carbocycles. The van der Waals surface area contributed by atoms with E-state index >= 15 is 0 Å². The Bertz CT molecular complexity index is 1040. The molecule has 0 bridgehead atoms. The standard InChI is InChI=1S/C24H30N4O4/c1-4-16-9-8-12-18(13-16)28-21(29)20-14-19(22(30)32-5-2)26-27(20)15-24(28,3)23(31)25-17-10-6-7-11-17/h8-9,12-14,17H,4-7,10-11,15H2,1-3H3,(H,25,31)/t24-/m0/s1. The number of nitrogens with zero attached hydrogens (tertiary/aromatic N) is 3. The Labute approximate surface area is 187 Å². The molecule has 1 aliphatic heterocycles. The van der Waals surface area contributed by atoms with Gasteiger partial charge in [-0.1, -0.05) is 31.9 Å². The average Bonchev–Trinajstić information content (AvgIpc) is 3.44. The molecular weight excluding hydrogens is 408 g/mol. The van der Waals surface area contributed by atoms with Gasteiger partial charge in [-0.3, -0.25) is 19.2 Å². The molecule has 0 unspecified atom stereocenters. The van der Waals surface area contributed by atoms with Crippen LogP contribution in [0.25, 0.3) is 0 Å². The normalized spacial score (nSPS) is 20.8. The summed E-state index contributed by atoms with van der Waals surface area (Å²) < 4.78 is 6.51. The van der Waals surface area contributed by atoms with Gasteiger partial charge in [0.2, 0.25) is 5.91 Å². The smallest absolute Gasteiger partial charge is 0.358 e. The number of benzene rings is 1. The SMILES string of the molecule is CCOC(=O)c1cc2n(n1)C[C@@](C)(C(=O)NC1CCCC1)N(c1cccc(CC)c1)C2=O. The summed E-state index contributed by atoms with van der Waals surface area (Å²) >= 11 is 0. The number of carbonyl (C=O) groups excluding carboxylic acids is 3. The van der Waals surface area contributed by atoms with Gasteiger partial charge in [-0.25, -0.2) is 4.79 Å². The van der Waals surface area contributed by atoms with Crippen LogP contribution >= 0.6 is 0 Å². The van der Waals surface area contributed by atoms with Gasteiger partial charge in [0.1, 0.15) is 11.2 Å². The molecule has 0 saturated heterocycles. The maximum absolute atomic E-state index is 13.7. The van der Waals surface area contributed by atoms with E-state index in [2.05, 4.69) is 10.4 Å². The first-order valence-electron chi connectivity index (χ1n) is 11.4. The minimum Gasteiger partial charge on any atom is -0.461 e. The summed E-state index contributed by atoms with van der Waals surface area (Å²) in [5, 5.41) is 7.46. The minimum atomic E-state index is -1.20. The predicted molar refractivity (Wildman–Crippen MR) is 120 cm³/mol. The lowest BCUT2D eigenvalue weighted by Gasteiger charge is -2.43. The molecule has 1 N–H and O–H groups in total. The van der Waals surface area contributed by atoms with E-state index < -0.39 is 11.5 Å². The van der Waals surface area contributed by atoms with Crippen LogP contribution in [0.1, 0.15) is 73.0 Å². The summed E-state index contributed by atoms with van der Waals surface area (Å²) in [6, 6.07) is 9.25. The van der Waals surface area contributed by atoms with Gasteiger partial charge in [-0.05, 0) is 50.8 Å². The molecule has 32 heavy (non-hydrogen) atoms. The summed E-state index contributed by atoms with van der Waals surface area (Å²) in [5.74, 6) is -1.16. The van der Waals surface area contributed by atoms with Crippen LogP contribution in [-0.2, 0) is 22.5 Å². The second-order valence-electron chi connectivity index (χ2n) is 8.69. The number of hydrogen-bond donors (Lipinski definition) is 1. The van der Waals surface area contributed by atoms with E-state index in [1.807, 2.05) is 31.2 Å². The van der Waals surface area contributed by atoms with E-state index in [1.54, 1.807) is 18.7 Å². The first-order valence-corrected chi connectivity index (χ1v) is 11.4. The molecule has 4 rings (SSSR count). The zero-order valence-corrected chi connectivity index (χ0v) is 18.9. The lowest BCUT2D eigenvalue weighted by molar-refractivity contribution is -0.127. The molecular formula is C24H30N4O4. The fourth-order valence-corrected chi connectivity index (χ4v) is 4.62. The highest BCUT2D eigenvalue weighted by Crippen LogP contribution is 2.34. The van der Waals surface area contributed by atoms with Gasteiger partial charge >= 0.3 is 5.97 Å². The van der Waals surface area contributed by atoms with E-state index in [0.29, 0.717) is 5.69 Å². The number of aryl methyl sites for hydroxylation is 1. The molecule has 1 atom stereocenters. The third-order valence-electron chi connectivity index (χ3n) is 6.39. The monoisotopic (exact) mass is 438 g/mol. The van der Waals surface area contributed by atoms with Crippen LogP contribution in [0.4, 0.5) is 5.69 Å². The molecule has 1 aliphatic carbocycles. The fraction of sp³-hybridized carbons (Fsp3) is 0.500. The van der Waals surface area contributed by atoms with Crippen molar-refractivity contribution in [2.45, 2.75) is 71.0 Å². The summed E-state index contributed by atoms with van der Waals surface area (Å²) in [5.41, 5.74) is 0.861. The maximum atomic E-state index is 13.7. The van der Waals surface area contributed by atoms with E-state index in [1.165, 1.54) is 10.7 Å². The Morgan fingerprint density at radius 2 is 1.97 bits per heavy atom. The molecule has 8 nitrogen and oxygen atoms in total. The number of hydrogen-bond acceptors (Lipinski definition) is 5. The predicted octanol–water partition coefficient (Wildman–Crippen LogP) is 3.10. The van der Waals surface area contributed by atoms with Crippen LogP contribution in [0.15, 0.2) is 30.3 Å². The van der Waals surface area contributed by atoms with Gasteiger partial charge in [0.05, 0.1) is 13.2 Å². The number of carbonyl (C=O) groups is 3. The van der Waals surface area contributed by atoms with Crippen molar-refractivity contribution in [3.8, 4) is 0 Å². The number of aromatic nitrogens is 2. The highest BCUT2D eigenvalue weighted by atomic mass is 16.5. The van der Waals surface area contributed by atoms with Gasteiger partial charge in [-0.2, -0.15) is 5.10 Å². The van der Waals surface area contributed by atoms with Crippen molar-refractivity contribution in [3.63, 3.8) is 0 Å². The van der Waals surface area contributed by atoms with Gasteiger partial charge in [-0.15, -0.1) is 0 Å². The van der Waals surface area contributed by atoms with Crippen molar-refractivity contribution < 1.29 is 19.1 Å². The number of ether oxygens (including phenoxy) is 1. The number of esters is 1. The van der Waals surface area contributed by atoms with Crippen LogP contribution in [0.2, 0.25) is 0 Å². The van der Waals surface area contributed by atoms with Crippen LogP contribution in [0.3, 0.4) is 0 Å². The van der Waals surface area contributed by atoms with Gasteiger partial charge < -0.3 is 10.1 Å². The third kappa shape index (κ3) is 3.89. The molecule has 1 fully saturated rings. The number of rotatable bonds is 6. The lowest BCUT2D eigenvalue weighted by atomic mass is 9.93. The van der Waals surface area contributed by atoms with Gasteiger partial charge in [0, 0.05) is 17.8 Å². The summed E-state index contributed by atoms with van der Waals surface area (Å²) in [7, 11) is 0. The van der Waals surface area contributed by atoms with Crippen molar-refractivity contribution in [3.05, 3.63) is 47.3 Å². The first-order chi connectivity index (χ1) is 15.4. The van der Waals surface area contributed by atoms with Crippen molar-refractivity contribution >= 4 is 23.5 Å². The Morgan fingerprint density at radius 3 is 2.66 bits per heavy atom. The Morgan fingerprint density at radius 1 is 1.22 bits per heavy atom. The average molecular weight is 439 g/mol. The number of anilines is 1. The van der Waals surface area contributed by atoms with Crippen LogP contribution in [0.5, 0.6) is 0 Å². The largest absolute Gasteiger partial charge is 0.461 e. The van der Waals surface area contributed by atoms with Crippen LogP contribution in [0, 0.1) is 0 Å². The molecule has 1 saturated carbocycles. The topological polar surface area (TPSA) is 93.5 Å². The van der Waals surface area contributed by atoms with Gasteiger partial charge in [0.15, 0.2) is 5.69 Å². The molecule has 2 heterocycles. The van der Waals surface area contributed by atoms with Crippen molar-refractivity contribution in [1.82, 2.24) is 15.1 Å². The highest BCUT2D eigenvalue weighted by molar-refractivity contribution is 6.12. The minimum absolute atomic E-state index is 0.0675. The summed E-state index contributed by atoms with van der Waals surface area (Å²) in [6.45, 7) is 5.88. The maximum Gasteiger partial charge on any atom is 0.358 e. The second-order valence-corrected chi connectivity index (χ2v) is 8.69. The van der Waals surface area contributed by atoms with E-state index in [4.69, 9.17) is 4.74 Å². The van der Waals surface area contributed by atoms with E-state index in [0.717, 1.165) is 37.7 Å². The molecule has 1 aromatic heterocycles. The van der Waals surface area contributed by atoms with Crippen LogP contribution < -0.4 is 10.2 Å². The lowest BCUT2D eigenvalue weighted by Crippen LogP contribution is -2.65. The molecule has 8 heteroatoms. The molecule has 2 amide bonds. The zero-order chi connectivity index (χ0) is 22.9. The fourth-order valence-electron chi connectivity index (χ4n) is 4.62. The van der Waals surface area contributed by atoms with E-state index in [9.17, 15) is 14.4 Å². The van der Waals surface area contributed by atoms with Crippen LogP contribution in [-0.4, -0.2) is 45.8 Å². The number of nitrogens with one attached hydrogen (secondary N) is 1. The molecule has 170 valence electrons. The van der Waals surface area contributed by atoms with Crippen molar-refractivity contribution in [2.24, 2.45) is 0 Å². The molecule has 0 radical (unpaired) electrons. The molecule has 2 aromatic rings. The molecule has 0 spiro atoms. The highest BCUT2D eigenvalue weighted by Gasteiger charge is 2.49. The number of fused-ring (bicyclic) bond motifs is 1. The number of amides is 2. The quantitative estimate of drug-likeness (QED) is 0.700. The zero-order valence-electron chi connectivity index (χ0n) is 18.9. The molecule has 2 aliphatic rings. The van der Waals surface area contributed by atoms with Gasteiger partial charge in [0.25, 0.3) is 5.91 Å². The summed E-state index contributed by atoms with van der Waals surface area (Å²) in [4.78, 5) is 41.1. The first kappa shape index (κ1) is 22.0. The Hall–Kier alpha value is -3.16. The second kappa shape index (κ2) is 8.76. The Kier molecular flexibility index (Phi) is 6.04. The third-order valence-corrected chi connectivity index (χ3v) is 6.39.